The second kappa shape index (κ2) is 10.5. The van der Waals surface area contributed by atoms with Crippen molar-refractivity contribution in [3.8, 4) is 34.0 Å². The van der Waals surface area contributed by atoms with Crippen LogP contribution in [0.1, 0.15) is 11.6 Å². The molecule has 0 aliphatic heterocycles. The van der Waals surface area contributed by atoms with Crippen molar-refractivity contribution in [2.75, 3.05) is 12.4 Å². The van der Waals surface area contributed by atoms with Crippen molar-refractivity contribution in [2.45, 2.75) is 13.2 Å². The largest absolute Gasteiger partial charge is 0.418 e. The maximum absolute atomic E-state index is 5.70. The van der Waals surface area contributed by atoms with Crippen LogP contribution in [-0.2, 0) is 17.9 Å². The number of nitrogens with zero attached hydrogens (tertiary/aromatic N) is 6. The van der Waals surface area contributed by atoms with Gasteiger partial charge < -0.3 is 14.5 Å². The highest BCUT2D eigenvalue weighted by atomic mass is 16.5. The van der Waals surface area contributed by atoms with Crippen LogP contribution in [0.25, 0.3) is 44.9 Å². The van der Waals surface area contributed by atoms with Crippen molar-refractivity contribution >= 4 is 16.7 Å². The number of hydrogen-bond acceptors (Lipinski definition) is 9. The Kier molecular flexibility index (Phi) is 6.48. The van der Waals surface area contributed by atoms with E-state index >= 15 is 0 Å². The summed E-state index contributed by atoms with van der Waals surface area (Å²) in [5.41, 5.74) is 5.24. The van der Waals surface area contributed by atoms with Crippen LogP contribution in [0.4, 0.5) is 5.82 Å². The molecule has 0 fully saturated rings. The number of methoxy groups -OCH3 is 1. The lowest BCUT2D eigenvalue weighted by Crippen LogP contribution is -2.06. The van der Waals surface area contributed by atoms with Gasteiger partial charge >= 0.3 is 0 Å². The number of benzene rings is 2. The molecular weight excluding hydrogens is 478 g/mol. The summed E-state index contributed by atoms with van der Waals surface area (Å²) in [6, 6.07) is 24.0. The average Bonchev–Trinajstić information content (AvgIpc) is 3.45. The van der Waals surface area contributed by atoms with E-state index in [1.54, 1.807) is 25.7 Å². The Morgan fingerprint density at radius 3 is 2.55 bits per heavy atom. The van der Waals surface area contributed by atoms with Crippen LogP contribution in [0.3, 0.4) is 0 Å². The van der Waals surface area contributed by atoms with Crippen LogP contribution in [-0.4, -0.2) is 37.2 Å². The molecule has 38 heavy (non-hydrogen) atoms. The summed E-state index contributed by atoms with van der Waals surface area (Å²) in [6.45, 7) is 0.751. The number of ether oxygens (including phenoxy) is 1. The first-order chi connectivity index (χ1) is 18.8. The van der Waals surface area contributed by atoms with Gasteiger partial charge in [-0.25, -0.2) is 9.97 Å². The fourth-order valence-electron chi connectivity index (χ4n) is 4.21. The Bertz CT molecular complexity index is 1690. The SMILES string of the molecule is COCc1nnc(-c2cncc(-c3nc(NCc4ccccn4)c4c(-c5ccccc5)cccc4n3)c2)o1. The van der Waals surface area contributed by atoms with Crippen LogP contribution in [0.5, 0.6) is 0 Å². The molecule has 0 saturated heterocycles. The van der Waals surface area contributed by atoms with E-state index in [0.29, 0.717) is 35.5 Å². The van der Waals surface area contributed by atoms with Gasteiger partial charge in [0.2, 0.25) is 11.8 Å². The first-order valence-electron chi connectivity index (χ1n) is 12.1. The van der Waals surface area contributed by atoms with Gasteiger partial charge in [0, 0.05) is 31.3 Å². The molecule has 0 aliphatic rings. The normalized spacial score (nSPS) is 11.1. The zero-order valence-electron chi connectivity index (χ0n) is 20.6. The number of anilines is 1. The molecule has 4 aromatic heterocycles. The molecule has 0 radical (unpaired) electrons. The maximum atomic E-state index is 5.70. The summed E-state index contributed by atoms with van der Waals surface area (Å²) in [5, 5.41) is 12.6. The Morgan fingerprint density at radius 1 is 0.842 bits per heavy atom. The molecule has 0 bridgehead atoms. The van der Waals surface area contributed by atoms with Gasteiger partial charge in [-0.15, -0.1) is 10.2 Å². The van der Waals surface area contributed by atoms with Crippen LogP contribution in [0, 0.1) is 0 Å². The molecule has 6 rings (SSSR count). The first kappa shape index (κ1) is 23.4. The smallest absolute Gasteiger partial charge is 0.249 e. The molecule has 186 valence electrons. The molecule has 0 unspecified atom stereocenters. The van der Waals surface area contributed by atoms with Gasteiger partial charge in [-0.2, -0.15) is 0 Å². The monoisotopic (exact) mass is 501 g/mol. The summed E-state index contributed by atoms with van der Waals surface area (Å²) in [5.74, 6) is 1.98. The van der Waals surface area contributed by atoms with Gasteiger partial charge in [0.25, 0.3) is 0 Å². The fourth-order valence-corrected chi connectivity index (χ4v) is 4.21. The summed E-state index contributed by atoms with van der Waals surface area (Å²) >= 11 is 0. The van der Waals surface area contributed by atoms with Crippen LogP contribution in [0.2, 0.25) is 0 Å². The third kappa shape index (κ3) is 4.82. The summed E-state index contributed by atoms with van der Waals surface area (Å²) < 4.78 is 10.8. The zero-order valence-corrected chi connectivity index (χ0v) is 20.6. The second-order valence-corrected chi connectivity index (χ2v) is 8.53. The van der Waals surface area contributed by atoms with E-state index < -0.39 is 0 Å². The maximum Gasteiger partial charge on any atom is 0.249 e. The minimum Gasteiger partial charge on any atom is -0.418 e. The van der Waals surface area contributed by atoms with E-state index in [1.807, 2.05) is 54.6 Å². The predicted molar refractivity (Wildman–Crippen MR) is 144 cm³/mol. The molecule has 9 heteroatoms. The molecule has 1 N–H and O–H groups in total. The van der Waals surface area contributed by atoms with Crippen molar-refractivity contribution in [3.05, 3.63) is 103 Å². The quantitative estimate of drug-likeness (QED) is 0.286. The minimum atomic E-state index is 0.239. The Labute approximate surface area is 218 Å². The Morgan fingerprint density at radius 2 is 1.71 bits per heavy atom. The van der Waals surface area contributed by atoms with Crippen LogP contribution < -0.4 is 5.32 Å². The number of rotatable bonds is 8. The third-order valence-electron chi connectivity index (χ3n) is 5.95. The fraction of sp³-hybridized carbons (Fsp3) is 0.103. The van der Waals surface area contributed by atoms with Crippen molar-refractivity contribution < 1.29 is 9.15 Å². The second-order valence-electron chi connectivity index (χ2n) is 8.53. The number of pyridine rings is 2. The van der Waals surface area contributed by atoms with Gasteiger partial charge in [-0.05, 0) is 35.4 Å². The summed E-state index contributed by atoms with van der Waals surface area (Å²) in [4.78, 5) is 18.7. The van der Waals surface area contributed by atoms with Gasteiger partial charge in [0.05, 0.1) is 28.7 Å². The minimum absolute atomic E-state index is 0.239. The molecule has 0 aliphatic carbocycles. The molecule has 0 saturated carbocycles. The van der Waals surface area contributed by atoms with Gasteiger partial charge in [-0.3, -0.25) is 9.97 Å². The number of aromatic nitrogens is 6. The molecule has 0 amide bonds. The van der Waals surface area contributed by atoms with Gasteiger partial charge in [-0.1, -0.05) is 48.5 Å². The Hall–Kier alpha value is -5.02. The zero-order chi connectivity index (χ0) is 25.7. The number of hydrogen-bond donors (Lipinski definition) is 1. The summed E-state index contributed by atoms with van der Waals surface area (Å²) in [7, 11) is 1.58. The molecule has 0 spiro atoms. The van der Waals surface area contributed by atoms with Gasteiger partial charge in [0.1, 0.15) is 12.4 Å². The van der Waals surface area contributed by atoms with E-state index in [-0.39, 0.29) is 6.61 Å². The van der Waals surface area contributed by atoms with E-state index in [9.17, 15) is 0 Å². The summed E-state index contributed by atoms with van der Waals surface area (Å²) in [6.07, 6.45) is 5.17. The number of nitrogens with one attached hydrogen (secondary N) is 1. The number of fused-ring (bicyclic) bond motifs is 1. The van der Waals surface area contributed by atoms with E-state index in [4.69, 9.17) is 19.1 Å². The molecule has 4 heterocycles. The molecule has 9 nitrogen and oxygen atoms in total. The van der Waals surface area contributed by atoms with Crippen LogP contribution >= 0.6 is 0 Å². The molecule has 0 atom stereocenters. The highest BCUT2D eigenvalue weighted by Crippen LogP contribution is 2.34. The van der Waals surface area contributed by atoms with Gasteiger partial charge in [0.15, 0.2) is 5.82 Å². The topological polar surface area (TPSA) is 112 Å². The lowest BCUT2D eigenvalue weighted by molar-refractivity contribution is 0.160. The average molecular weight is 502 g/mol. The van der Waals surface area contributed by atoms with Crippen molar-refractivity contribution in [1.29, 1.82) is 0 Å². The highest BCUT2D eigenvalue weighted by molar-refractivity contribution is 6.02. The van der Waals surface area contributed by atoms with Crippen molar-refractivity contribution in [2.24, 2.45) is 0 Å². The Balaban J connectivity index is 1.46. The van der Waals surface area contributed by atoms with E-state index in [2.05, 4.69) is 43.7 Å². The lowest BCUT2D eigenvalue weighted by atomic mass is 10.0. The molecular formula is C29H23N7O2. The standard InChI is InChI=1S/C29H23N7O2/c1-37-18-25-35-36-29(38-25)21-14-20(15-30-16-21)27-33-24-12-7-11-23(19-8-3-2-4-9-19)26(24)28(34-27)32-17-22-10-5-6-13-31-22/h2-16H,17-18H2,1H3,(H,32,33,34). The van der Waals surface area contributed by atoms with E-state index in [1.165, 1.54) is 0 Å². The lowest BCUT2D eigenvalue weighted by Gasteiger charge is -2.14. The third-order valence-corrected chi connectivity index (χ3v) is 5.95. The molecule has 2 aromatic carbocycles. The first-order valence-corrected chi connectivity index (χ1v) is 12.1. The predicted octanol–water partition coefficient (Wildman–Crippen LogP) is 5.56. The van der Waals surface area contributed by atoms with Crippen molar-refractivity contribution in [3.63, 3.8) is 0 Å². The molecule has 6 aromatic rings. The highest BCUT2D eigenvalue weighted by Gasteiger charge is 2.16. The van der Waals surface area contributed by atoms with E-state index in [0.717, 1.165) is 33.3 Å². The van der Waals surface area contributed by atoms with Crippen molar-refractivity contribution in [1.82, 2.24) is 30.1 Å². The van der Waals surface area contributed by atoms with Crippen LogP contribution in [0.15, 0.2) is 95.8 Å².